The molecule has 1 atom stereocenters. The summed E-state index contributed by atoms with van der Waals surface area (Å²) in [5.74, 6) is 0.733. The third kappa shape index (κ3) is 3.49. The summed E-state index contributed by atoms with van der Waals surface area (Å²) in [4.78, 5) is 0. The molecule has 0 N–H and O–H groups in total. The van der Waals surface area contributed by atoms with Gasteiger partial charge in [-0.1, -0.05) is 37.6 Å². The predicted octanol–water partition coefficient (Wildman–Crippen LogP) is 3.55. The maximum atomic E-state index is 2.26. The van der Waals surface area contributed by atoms with Gasteiger partial charge in [-0.3, -0.25) is 0 Å². The average molecular weight is 138 g/mol. The highest BCUT2D eigenvalue weighted by Crippen LogP contribution is 2.12. The lowest BCUT2D eigenvalue weighted by Crippen LogP contribution is -1.92. The molecule has 58 valence electrons. The van der Waals surface area contributed by atoms with Crippen molar-refractivity contribution in [1.82, 2.24) is 0 Å². The van der Waals surface area contributed by atoms with Crippen LogP contribution in [0.4, 0.5) is 0 Å². The van der Waals surface area contributed by atoms with E-state index in [9.17, 15) is 0 Å². The summed E-state index contributed by atoms with van der Waals surface area (Å²) in [5, 5.41) is 0. The summed E-state index contributed by atoms with van der Waals surface area (Å²) < 4.78 is 0. The first-order valence-corrected chi connectivity index (χ1v) is 4.01. The van der Waals surface area contributed by atoms with Crippen LogP contribution in [-0.2, 0) is 0 Å². The lowest BCUT2D eigenvalue weighted by molar-refractivity contribution is 0.655. The van der Waals surface area contributed by atoms with Gasteiger partial charge in [0.1, 0.15) is 0 Å². The SMILES string of the molecule is CC=CC=C(C)C(C)CC. The van der Waals surface area contributed by atoms with Gasteiger partial charge in [-0.2, -0.15) is 0 Å². The number of hydrogen-bond acceptors (Lipinski definition) is 0. The average Bonchev–Trinajstić information content (AvgIpc) is 1.98. The molecule has 0 rings (SSSR count). The molecule has 0 bridgehead atoms. The molecule has 0 aromatic carbocycles. The van der Waals surface area contributed by atoms with E-state index in [-0.39, 0.29) is 0 Å². The van der Waals surface area contributed by atoms with Gasteiger partial charge in [0, 0.05) is 0 Å². The first-order chi connectivity index (χ1) is 4.72. The Morgan fingerprint density at radius 1 is 1.50 bits per heavy atom. The third-order valence-corrected chi connectivity index (χ3v) is 1.94. The second-order valence-electron chi connectivity index (χ2n) is 2.75. The van der Waals surface area contributed by atoms with Gasteiger partial charge in [-0.05, 0) is 26.2 Å². The minimum Gasteiger partial charge on any atom is -0.0877 e. The Bertz CT molecular complexity index is 129. The Morgan fingerprint density at radius 2 is 2.10 bits per heavy atom. The molecule has 0 aromatic heterocycles. The fraction of sp³-hybridized carbons (Fsp3) is 0.600. The molecular weight excluding hydrogens is 120 g/mol. The molecule has 0 aliphatic carbocycles. The molecule has 0 saturated carbocycles. The Balaban J connectivity index is 3.91. The smallest absolute Gasteiger partial charge is 0.0234 e. The molecule has 0 heteroatoms. The van der Waals surface area contributed by atoms with E-state index in [1.54, 1.807) is 0 Å². The van der Waals surface area contributed by atoms with Crippen molar-refractivity contribution in [3.63, 3.8) is 0 Å². The summed E-state index contributed by atoms with van der Waals surface area (Å²) >= 11 is 0. The minimum absolute atomic E-state index is 0.733. The van der Waals surface area contributed by atoms with Gasteiger partial charge in [0.15, 0.2) is 0 Å². The summed E-state index contributed by atoms with van der Waals surface area (Å²) in [6, 6.07) is 0. The van der Waals surface area contributed by atoms with Crippen molar-refractivity contribution >= 4 is 0 Å². The van der Waals surface area contributed by atoms with Gasteiger partial charge in [0.05, 0.1) is 0 Å². The van der Waals surface area contributed by atoms with Crippen molar-refractivity contribution in [2.45, 2.75) is 34.1 Å². The molecule has 0 saturated heterocycles. The minimum atomic E-state index is 0.733. The third-order valence-electron chi connectivity index (χ3n) is 1.94. The summed E-state index contributed by atoms with van der Waals surface area (Å²) in [6.45, 7) is 8.71. The second-order valence-corrected chi connectivity index (χ2v) is 2.75. The maximum absolute atomic E-state index is 2.26. The molecule has 0 heterocycles. The van der Waals surface area contributed by atoms with E-state index in [4.69, 9.17) is 0 Å². The van der Waals surface area contributed by atoms with Crippen LogP contribution in [0.2, 0.25) is 0 Å². The van der Waals surface area contributed by atoms with Gasteiger partial charge in [0.25, 0.3) is 0 Å². The first-order valence-electron chi connectivity index (χ1n) is 4.01. The maximum Gasteiger partial charge on any atom is -0.0234 e. The number of rotatable bonds is 3. The van der Waals surface area contributed by atoms with Gasteiger partial charge in [-0.15, -0.1) is 0 Å². The first kappa shape index (κ1) is 9.48. The quantitative estimate of drug-likeness (QED) is 0.523. The molecular formula is C10H18. The zero-order chi connectivity index (χ0) is 7.98. The highest BCUT2D eigenvalue weighted by Gasteiger charge is 1.97. The molecule has 1 unspecified atom stereocenters. The Kier molecular flexibility index (Phi) is 5.00. The van der Waals surface area contributed by atoms with E-state index in [2.05, 4.69) is 39.0 Å². The molecule has 0 amide bonds. The van der Waals surface area contributed by atoms with E-state index in [0.717, 1.165) is 5.92 Å². The summed E-state index contributed by atoms with van der Waals surface area (Å²) in [6.07, 6.45) is 7.58. The van der Waals surface area contributed by atoms with Crippen LogP contribution in [0.15, 0.2) is 23.8 Å². The van der Waals surface area contributed by atoms with Gasteiger partial charge in [0.2, 0.25) is 0 Å². The molecule has 0 aromatic rings. The van der Waals surface area contributed by atoms with Crippen molar-refractivity contribution < 1.29 is 0 Å². The van der Waals surface area contributed by atoms with Gasteiger partial charge < -0.3 is 0 Å². The van der Waals surface area contributed by atoms with Crippen LogP contribution in [0.1, 0.15) is 34.1 Å². The van der Waals surface area contributed by atoms with Crippen LogP contribution in [0, 0.1) is 5.92 Å². The van der Waals surface area contributed by atoms with Crippen LogP contribution >= 0.6 is 0 Å². The van der Waals surface area contributed by atoms with E-state index < -0.39 is 0 Å². The Hall–Kier alpha value is -0.520. The monoisotopic (exact) mass is 138 g/mol. The second kappa shape index (κ2) is 5.28. The highest BCUT2D eigenvalue weighted by atomic mass is 14.0. The van der Waals surface area contributed by atoms with Crippen LogP contribution in [0.3, 0.4) is 0 Å². The summed E-state index contributed by atoms with van der Waals surface area (Å²) in [5.41, 5.74) is 1.47. The van der Waals surface area contributed by atoms with Gasteiger partial charge >= 0.3 is 0 Å². The van der Waals surface area contributed by atoms with E-state index in [1.165, 1.54) is 12.0 Å². The largest absolute Gasteiger partial charge is 0.0877 e. The fourth-order valence-corrected chi connectivity index (χ4v) is 0.734. The van der Waals surface area contributed by atoms with Crippen molar-refractivity contribution in [3.8, 4) is 0 Å². The standard InChI is InChI=1S/C10H18/c1-5-7-8-10(4)9(3)6-2/h5,7-9H,6H2,1-4H3. The lowest BCUT2D eigenvalue weighted by atomic mass is 10.00. The van der Waals surface area contributed by atoms with Gasteiger partial charge in [-0.25, -0.2) is 0 Å². The van der Waals surface area contributed by atoms with E-state index in [0.29, 0.717) is 0 Å². The van der Waals surface area contributed by atoms with Crippen molar-refractivity contribution in [2.75, 3.05) is 0 Å². The van der Waals surface area contributed by atoms with Crippen LogP contribution < -0.4 is 0 Å². The predicted molar refractivity (Wildman–Crippen MR) is 48.0 cm³/mol. The lowest BCUT2D eigenvalue weighted by Gasteiger charge is -2.06. The summed E-state index contributed by atoms with van der Waals surface area (Å²) in [7, 11) is 0. The molecule has 0 radical (unpaired) electrons. The highest BCUT2D eigenvalue weighted by molar-refractivity contribution is 5.11. The van der Waals surface area contributed by atoms with Crippen LogP contribution in [-0.4, -0.2) is 0 Å². The number of allylic oxidation sites excluding steroid dienone is 4. The molecule has 0 aliphatic rings. The van der Waals surface area contributed by atoms with Crippen LogP contribution in [0.5, 0.6) is 0 Å². The molecule has 0 nitrogen and oxygen atoms in total. The van der Waals surface area contributed by atoms with Crippen molar-refractivity contribution in [1.29, 1.82) is 0 Å². The van der Waals surface area contributed by atoms with E-state index in [1.807, 2.05) is 6.92 Å². The fourth-order valence-electron chi connectivity index (χ4n) is 0.734. The molecule has 0 fully saturated rings. The molecule has 0 aliphatic heterocycles. The van der Waals surface area contributed by atoms with E-state index >= 15 is 0 Å². The Labute approximate surface area is 64.6 Å². The number of hydrogen-bond donors (Lipinski definition) is 0. The normalized spacial score (nSPS) is 16.2. The van der Waals surface area contributed by atoms with Crippen molar-refractivity contribution in [3.05, 3.63) is 23.8 Å². The molecule has 0 spiro atoms. The van der Waals surface area contributed by atoms with Crippen LogP contribution in [0.25, 0.3) is 0 Å². The van der Waals surface area contributed by atoms with Crippen molar-refractivity contribution in [2.24, 2.45) is 5.92 Å². The topological polar surface area (TPSA) is 0 Å². The zero-order valence-electron chi connectivity index (χ0n) is 7.52. The Morgan fingerprint density at radius 3 is 2.50 bits per heavy atom. The molecule has 10 heavy (non-hydrogen) atoms. The zero-order valence-corrected chi connectivity index (χ0v) is 7.52.